The van der Waals surface area contributed by atoms with E-state index in [-0.39, 0.29) is 0 Å². The van der Waals surface area contributed by atoms with Crippen LogP contribution in [0.15, 0.2) is 29.6 Å². The largest absolute Gasteiger partial charge is 0.313 e. The molecule has 1 aliphatic rings. The summed E-state index contributed by atoms with van der Waals surface area (Å²) >= 11 is 1.85. The summed E-state index contributed by atoms with van der Waals surface area (Å²) in [5.41, 5.74) is 1.45. The van der Waals surface area contributed by atoms with Crippen molar-refractivity contribution in [3.05, 3.63) is 35.2 Å². The number of hydrogen-bond donors (Lipinski definition) is 1. The van der Waals surface area contributed by atoms with Gasteiger partial charge in [0.25, 0.3) is 0 Å². The molecule has 0 bridgehead atoms. The third-order valence-electron chi connectivity index (χ3n) is 3.30. The van der Waals surface area contributed by atoms with Gasteiger partial charge in [0.15, 0.2) is 0 Å². The fourth-order valence-corrected chi connectivity index (χ4v) is 3.07. The molecule has 0 radical (unpaired) electrons. The predicted molar refractivity (Wildman–Crippen MR) is 70.9 cm³/mol. The Kier molecular flexibility index (Phi) is 2.94. The molecule has 84 valence electrons. The van der Waals surface area contributed by atoms with Gasteiger partial charge in [-0.25, -0.2) is 0 Å². The molecule has 3 rings (SSSR count). The molecule has 1 aliphatic carbocycles. The molecule has 1 nitrogen and oxygen atoms in total. The molecule has 0 atom stereocenters. The van der Waals surface area contributed by atoms with Crippen molar-refractivity contribution in [2.45, 2.75) is 25.8 Å². The second-order valence-electron chi connectivity index (χ2n) is 4.67. The molecule has 1 aromatic carbocycles. The molecular weight excluding hydrogens is 214 g/mol. The number of rotatable bonds is 5. The van der Waals surface area contributed by atoms with E-state index >= 15 is 0 Å². The molecule has 0 spiro atoms. The fraction of sp³-hybridized carbons (Fsp3) is 0.429. The maximum atomic E-state index is 3.56. The number of fused-ring (bicyclic) bond motifs is 1. The summed E-state index contributed by atoms with van der Waals surface area (Å²) in [4.78, 5) is 0. The van der Waals surface area contributed by atoms with Crippen LogP contribution in [0.2, 0.25) is 0 Å². The molecule has 1 N–H and O–H groups in total. The van der Waals surface area contributed by atoms with E-state index in [0.717, 1.165) is 12.5 Å². The van der Waals surface area contributed by atoms with E-state index in [0.29, 0.717) is 0 Å². The van der Waals surface area contributed by atoms with Gasteiger partial charge in [-0.2, -0.15) is 0 Å². The average molecular weight is 231 g/mol. The lowest BCUT2D eigenvalue weighted by Crippen LogP contribution is -2.14. The van der Waals surface area contributed by atoms with Gasteiger partial charge in [0.1, 0.15) is 0 Å². The van der Waals surface area contributed by atoms with Gasteiger partial charge in [0, 0.05) is 11.2 Å². The first kappa shape index (κ1) is 10.3. The van der Waals surface area contributed by atoms with Gasteiger partial charge < -0.3 is 5.32 Å². The van der Waals surface area contributed by atoms with Gasteiger partial charge >= 0.3 is 0 Å². The average Bonchev–Trinajstić information content (AvgIpc) is 3.05. The SMILES string of the molecule is c1ccc2c(CNCCC3CC3)csc2c1. The third kappa shape index (κ3) is 2.28. The normalized spacial score (nSPS) is 15.8. The van der Waals surface area contributed by atoms with E-state index in [4.69, 9.17) is 0 Å². The Morgan fingerprint density at radius 2 is 2.12 bits per heavy atom. The van der Waals surface area contributed by atoms with Crippen molar-refractivity contribution < 1.29 is 0 Å². The van der Waals surface area contributed by atoms with Crippen molar-refractivity contribution in [2.75, 3.05) is 6.54 Å². The van der Waals surface area contributed by atoms with Gasteiger partial charge in [-0.1, -0.05) is 31.0 Å². The van der Waals surface area contributed by atoms with Crippen molar-refractivity contribution in [3.63, 3.8) is 0 Å². The molecule has 0 saturated heterocycles. The van der Waals surface area contributed by atoms with Gasteiger partial charge in [-0.3, -0.25) is 0 Å². The van der Waals surface area contributed by atoms with E-state index in [9.17, 15) is 0 Å². The molecular formula is C14H17NS. The van der Waals surface area contributed by atoms with Gasteiger partial charge in [-0.15, -0.1) is 11.3 Å². The molecule has 0 amide bonds. The molecule has 0 unspecified atom stereocenters. The minimum atomic E-state index is 1.02. The summed E-state index contributed by atoms with van der Waals surface area (Å²) in [7, 11) is 0. The highest BCUT2D eigenvalue weighted by molar-refractivity contribution is 7.17. The highest BCUT2D eigenvalue weighted by Gasteiger charge is 2.19. The standard InChI is InChI=1S/C14H17NS/c1-2-4-14-13(3-1)12(10-16-14)9-15-8-7-11-5-6-11/h1-4,10-11,15H,5-9H2. The smallest absolute Gasteiger partial charge is 0.0346 e. The van der Waals surface area contributed by atoms with Crippen LogP contribution in [0.5, 0.6) is 0 Å². The van der Waals surface area contributed by atoms with Crippen LogP contribution in [0.3, 0.4) is 0 Å². The number of nitrogens with one attached hydrogen (secondary N) is 1. The number of benzene rings is 1. The molecule has 1 aromatic heterocycles. The molecule has 1 heterocycles. The van der Waals surface area contributed by atoms with E-state index in [2.05, 4.69) is 35.0 Å². The summed E-state index contributed by atoms with van der Waals surface area (Å²) in [5, 5.41) is 7.27. The molecule has 1 saturated carbocycles. The van der Waals surface area contributed by atoms with Crippen LogP contribution in [0.4, 0.5) is 0 Å². The lowest BCUT2D eigenvalue weighted by atomic mass is 10.2. The van der Waals surface area contributed by atoms with Crippen molar-refractivity contribution in [3.8, 4) is 0 Å². The minimum Gasteiger partial charge on any atom is -0.313 e. The van der Waals surface area contributed by atoms with Crippen LogP contribution in [0.1, 0.15) is 24.8 Å². The zero-order valence-corrected chi connectivity index (χ0v) is 10.2. The molecule has 2 aromatic rings. The Bertz CT molecular complexity index is 470. The summed E-state index contributed by atoms with van der Waals surface area (Å²) in [6, 6.07) is 8.67. The second-order valence-corrected chi connectivity index (χ2v) is 5.58. The topological polar surface area (TPSA) is 12.0 Å². The van der Waals surface area contributed by atoms with Crippen LogP contribution in [0, 0.1) is 5.92 Å². The summed E-state index contributed by atoms with van der Waals surface area (Å²) in [6.45, 7) is 2.20. The lowest BCUT2D eigenvalue weighted by molar-refractivity contribution is 0.615. The van der Waals surface area contributed by atoms with Crippen molar-refractivity contribution in [2.24, 2.45) is 5.92 Å². The number of thiophene rings is 1. The molecule has 16 heavy (non-hydrogen) atoms. The Labute approximate surface area is 100 Å². The van der Waals surface area contributed by atoms with Gasteiger partial charge in [-0.05, 0) is 41.3 Å². The Balaban J connectivity index is 1.60. The van der Waals surface area contributed by atoms with Gasteiger partial charge in [0.2, 0.25) is 0 Å². The van der Waals surface area contributed by atoms with Crippen LogP contribution < -0.4 is 5.32 Å². The highest BCUT2D eigenvalue weighted by atomic mass is 32.1. The Morgan fingerprint density at radius 1 is 1.25 bits per heavy atom. The summed E-state index contributed by atoms with van der Waals surface area (Å²) < 4.78 is 1.40. The quantitative estimate of drug-likeness (QED) is 0.772. The van der Waals surface area contributed by atoms with Gasteiger partial charge in [0.05, 0.1) is 0 Å². The predicted octanol–water partition coefficient (Wildman–Crippen LogP) is 3.79. The van der Waals surface area contributed by atoms with Crippen LogP contribution in [-0.2, 0) is 6.54 Å². The van der Waals surface area contributed by atoms with Crippen molar-refractivity contribution >= 4 is 21.4 Å². The zero-order chi connectivity index (χ0) is 10.8. The second kappa shape index (κ2) is 4.56. The maximum absolute atomic E-state index is 3.56. The zero-order valence-electron chi connectivity index (χ0n) is 9.41. The number of hydrogen-bond acceptors (Lipinski definition) is 2. The summed E-state index contributed by atoms with van der Waals surface area (Å²) in [5.74, 6) is 1.03. The van der Waals surface area contributed by atoms with Crippen molar-refractivity contribution in [1.29, 1.82) is 0 Å². The minimum absolute atomic E-state index is 1.02. The molecule has 1 fully saturated rings. The first-order valence-corrected chi connectivity index (χ1v) is 6.97. The fourth-order valence-electron chi connectivity index (χ4n) is 2.11. The van der Waals surface area contributed by atoms with E-state index in [1.807, 2.05) is 11.3 Å². The lowest BCUT2D eigenvalue weighted by Gasteiger charge is -2.02. The molecule has 0 aliphatic heterocycles. The Morgan fingerprint density at radius 3 is 3.00 bits per heavy atom. The van der Waals surface area contributed by atoms with E-state index < -0.39 is 0 Å². The third-order valence-corrected chi connectivity index (χ3v) is 4.32. The molecule has 2 heteroatoms. The van der Waals surface area contributed by atoms with E-state index in [1.165, 1.54) is 41.5 Å². The van der Waals surface area contributed by atoms with Crippen molar-refractivity contribution in [1.82, 2.24) is 5.32 Å². The van der Waals surface area contributed by atoms with Crippen LogP contribution in [-0.4, -0.2) is 6.54 Å². The first-order chi connectivity index (χ1) is 7.93. The monoisotopic (exact) mass is 231 g/mol. The van der Waals surface area contributed by atoms with Crippen LogP contribution in [0.25, 0.3) is 10.1 Å². The van der Waals surface area contributed by atoms with E-state index in [1.54, 1.807) is 0 Å². The highest BCUT2D eigenvalue weighted by Crippen LogP contribution is 2.31. The maximum Gasteiger partial charge on any atom is 0.0346 e. The first-order valence-electron chi connectivity index (χ1n) is 6.09. The Hall–Kier alpha value is -0.860. The summed E-state index contributed by atoms with van der Waals surface area (Å²) in [6.07, 6.45) is 4.29. The van der Waals surface area contributed by atoms with Crippen LogP contribution >= 0.6 is 11.3 Å².